The molecule has 0 bridgehead atoms. The number of hydrogen-bond donors (Lipinski definition) is 0. The Morgan fingerprint density at radius 3 is 2.80 bits per heavy atom. The molecule has 1 fully saturated rings. The summed E-state index contributed by atoms with van der Waals surface area (Å²) in [6.45, 7) is 5.54. The highest BCUT2D eigenvalue weighted by atomic mass is 16.2. The van der Waals surface area contributed by atoms with Crippen molar-refractivity contribution in [3.8, 4) is 0 Å². The fraction of sp³-hybridized carbons (Fsp3) is 0.550. The van der Waals surface area contributed by atoms with E-state index < -0.39 is 0 Å². The zero-order chi connectivity index (χ0) is 17.4. The molecule has 25 heavy (non-hydrogen) atoms. The number of likely N-dealkylation sites (tertiary alicyclic amines) is 1. The normalized spacial score (nSPS) is 23.4. The van der Waals surface area contributed by atoms with Crippen molar-refractivity contribution >= 4 is 5.91 Å². The third kappa shape index (κ3) is 3.08. The van der Waals surface area contributed by atoms with Gasteiger partial charge in [-0.15, -0.1) is 0 Å². The third-order valence-corrected chi connectivity index (χ3v) is 5.63. The van der Waals surface area contributed by atoms with Gasteiger partial charge >= 0.3 is 0 Å². The van der Waals surface area contributed by atoms with Crippen molar-refractivity contribution in [2.45, 2.75) is 57.9 Å². The van der Waals surface area contributed by atoms with Crippen LogP contribution < -0.4 is 0 Å². The first-order valence-electron chi connectivity index (χ1n) is 9.40. The summed E-state index contributed by atoms with van der Waals surface area (Å²) in [4.78, 5) is 19.8. The Bertz CT molecular complexity index is 782. The summed E-state index contributed by atoms with van der Waals surface area (Å²) in [6, 6.07) is 8.71. The number of piperidine rings is 1. The molecule has 0 N–H and O–H groups in total. The highest BCUT2D eigenvalue weighted by Gasteiger charge is 2.33. The number of aromatic nitrogens is 3. The van der Waals surface area contributed by atoms with Gasteiger partial charge in [-0.3, -0.25) is 4.79 Å². The Kier molecular flexibility index (Phi) is 4.32. The first-order valence-corrected chi connectivity index (χ1v) is 9.40. The molecular formula is C20H26N4O. The minimum absolute atomic E-state index is 0.0299. The topological polar surface area (TPSA) is 51.0 Å². The predicted octanol–water partition coefficient (Wildman–Crippen LogP) is 3.18. The Morgan fingerprint density at radius 2 is 2.00 bits per heavy atom. The van der Waals surface area contributed by atoms with E-state index in [4.69, 9.17) is 0 Å². The summed E-state index contributed by atoms with van der Waals surface area (Å²) >= 11 is 0. The van der Waals surface area contributed by atoms with Crippen LogP contribution in [-0.4, -0.2) is 38.7 Å². The largest absolute Gasteiger partial charge is 0.340 e. The van der Waals surface area contributed by atoms with Crippen LogP contribution in [0.3, 0.4) is 0 Å². The molecule has 0 spiro atoms. The van der Waals surface area contributed by atoms with E-state index >= 15 is 0 Å². The summed E-state index contributed by atoms with van der Waals surface area (Å²) in [6.07, 6.45) is 5.27. The van der Waals surface area contributed by atoms with E-state index in [0.717, 1.165) is 56.8 Å². The Balaban J connectivity index is 1.54. The van der Waals surface area contributed by atoms with Crippen LogP contribution in [0.4, 0.5) is 0 Å². The van der Waals surface area contributed by atoms with Crippen molar-refractivity contribution in [3.63, 3.8) is 0 Å². The zero-order valence-corrected chi connectivity index (χ0v) is 15.1. The van der Waals surface area contributed by atoms with Gasteiger partial charge in [0.05, 0.1) is 12.0 Å². The lowest BCUT2D eigenvalue weighted by Gasteiger charge is -2.36. The SMILES string of the molecule is Cc1nc(C)n([C@@H]2CCCN(C(=O)[C@@H]3CCCc4ccccc43)C2)n1. The molecule has 0 saturated carbocycles. The van der Waals surface area contributed by atoms with E-state index in [2.05, 4.69) is 39.2 Å². The van der Waals surface area contributed by atoms with Gasteiger partial charge in [-0.1, -0.05) is 24.3 Å². The van der Waals surface area contributed by atoms with Gasteiger partial charge in [-0.05, 0) is 57.1 Å². The molecule has 2 aliphatic rings. The van der Waals surface area contributed by atoms with Gasteiger partial charge < -0.3 is 4.90 Å². The molecule has 1 aliphatic heterocycles. The number of carbonyl (C=O) groups is 1. The Labute approximate surface area is 149 Å². The molecule has 5 nitrogen and oxygen atoms in total. The molecule has 1 amide bonds. The number of benzene rings is 1. The number of hydrogen-bond acceptors (Lipinski definition) is 3. The van der Waals surface area contributed by atoms with Crippen molar-refractivity contribution in [1.29, 1.82) is 0 Å². The van der Waals surface area contributed by atoms with Crippen LogP contribution in [0.2, 0.25) is 0 Å². The van der Waals surface area contributed by atoms with Crippen LogP contribution in [-0.2, 0) is 11.2 Å². The average Bonchev–Trinajstić information content (AvgIpc) is 2.99. The standard InChI is InChI=1S/C20H26N4O/c1-14-21-15(2)24(22-14)17-9-6-12-23(13-17)20(25)19-11-5-8-16-7-3-4-10-18(16)19/h3-4,7,10,17,19H,5-6,8-9,11-13H2,1-2H3/t17-,19-/m1/s1. The van der Waals surface area contributed by atoms with E-state index in [-0.39, 0.29) is 12.0 Å². The van der Waals surface area contributed by atoms with Crippen LogP contribution in [0.1, 0.15) is 60.4 Å². The van der Waals surface area contributed by atoms with Gasteiger partial charge in [0, 0.05) is 13.1 Å². The van der Waals surface area contributed by atoms with Gasteiger partial charge in [0.2, 0.25) is 5.91 Å². The second kappa shape index (κ2) is 6.62. The fourth-order valence-corrected chi connectivity index (χ4v) is 4.47. The number of carbonyl (C=O) groups excluding carboxylic acids is 1. The van der Waals surface area contributed by atoms with E-state index in [1.807, 2.05) is 18.5 Å². The molecule has 5 heteroatoms. The molecule has 2 aromatic rings. The number of amides is 1. The maximum Gasteiger partial charge on any atom is 0.230 e. The second-order valence-electron chi connectivity index (χ2n) is 7.37. The van der Waals surface area contributed by atoms with Crippen LogP contribution in [0.15, 0.2) is 24.3 Å². The number of fused-ring (bicyclic) bond motifs is 1. The van der Waals surface area contributed by atoms with Crippen molar-refractivity contribution in [2.75, 3.05) is 13.1 Å². The molecule has 2 heterocycles. The quantitative estimate of drug-likeness (QED) is 0.845. The molecule has 132 valence electrons. The number of aryl methyl sites for hydroxylation is 3. The average molecular weight is 338 g/mol. The summed E-state index contributed by atoms with van der Waals surface area (Å²) in [7, 11) is 0. The maximum atomic E-state index is 13.3. The number of nitrogens with zero attached hydrogens (tertiary/aromatic N) is 4. The van der Waals surface area contributed by atoms with E-state index in [1.165, 1.54) is 11.1 Å². The van der Waals surface area contributed by atoms with E-state index in [1.54, 1.807) is 0 Å². The molecule has 0 unspecified atom stereocenters. The first-order chi connectivity index (χ1) is 12.1. The first kappa shape index (κ1) is 16.3. The lowest BCUT2D eigenvalue weighted by Crippen LogP contribution is -2.44. The van der Waals surface area contributed by atoms with Crippen molar-refractivity contribution in [3.05, 3.63) is 47.0 Å². The summed E-state index contributed by atoms with van der Waals surface area (Å²) in [5, 5.41) is 4.54. The van der Waals surface area contributed by atoms with Gasteiger partial charge in [-0.25, -0.2) is 9.67 Å². The Hall–Kier alpha value is -2.17. The smallest absolute Gasteiger partial charge is 0.230 e. The van der Waals surface area contributed by atoms with Crippen LogP contribution in [0.5, 0.6) is 0 Å². The lowest BCUT2D eigenvalue weighted by molar-refractivity contribution is -0.134. The second-order valence-corrected chi connectivity index (χ2v) is 7.37. The van der Waals surface area contributed by atoms with Crippen molar-refractivity contribution in [1.82, 2.24) is 19.7 Å². The predicted molar refractivity (Wildman–Crippen MR) is 96.5 cm³/mol. The van der Waals surface area contributed by atoms with E-state index in [0.29, 0.717) is 5.91 Å². The van der Waals surface area contributed by atoms with Crippen LogP contribution >= 0.6 is 0 Å². The van der Waals surface area contributed by atoms with Crippen LogP contribution in [0.25, 0.3) is 0 Å². The minimum atomic E-state index is 0.0299. The summed E-state index contributed by atoms with van der Waals surface area (Å²) in [5.41, 5.74) is 2.59. The molecule has 0 radical (unpaired) electrons. The third-order valence-electron chi connectivity index (χ3n) is 5.63. The summed E-state index contributed by atoms with van der Waals surface area (Å²) in [5.74, 6) is 2.08. The van der Waals surface area contributed by atoms with Crippen molar-refractivity contribution < 1.29 is 4.79 Å². The van der Waals surface area contributed by atoms with Gasteiger partial charge in [-0.2, -0.15) is 5.10 Å². The lowest BCUT2D eigenvalue weighted by atomic mass is 9.82. The van der Waals surface area contributed by atoms with Gasteiger partial charge in [0.1, 0.15) is 11.6 Å². The molecule has 1 saturated heterocycles. The highest BCUT2D eigenvalue weighted by Crippen LogP contribution is 2.34. The highest BCUT2D eigenvalue weighted by molar-refractivity contribution is 5.84. The van der Waals surface area contributed by atoms with Gasteiger partial charge in [0.25, 0.3) is 0 Å². The molecule has 2 atom stereocenters. The fourth-order valence-electron chi connectivity index (χ4n) is 4.47. The molecule has 1 aromatic carbocycles. The van der Waals surface area contributed by atoms with Crippen molar-refractivity contribution in [2.24, 2.45) is 0 Å². The molecule has 1 aliphatic carbocycles. The molecule has 1 aromatic heterocycles. The molecule has 4 rings (SSSR count). The summed E-state index contributed by atoms with van der Waals surface area (Å²) < 4.78 is 2.02. The van der Waals surface area contributed by atoms with E-state index in [9.17, 15) is 4.79 Å². The molecular weight excluding hydrogens is 312 g/mol. The minimum Gasteiger partial charge on any atom is -0.340 e. The maximum absolute atomic E-state index is 13.3. The zero-order valence-electron chi connectivity index (χ0n) is 15.1. The number of rotatable bonds is 2. The monoisotopic (exact) mass is 338 g/mol. The van der Waals surface area contributed by atoms with Crippen LogP contribution in [0, 0.1) is 13.8 Å². The van der Waals surface area contributed by atoms with Gasteiger partial charge in [0.15, 0.2) is 0 Å². The Morgan fingerprint density at radius 1 is 1.16 bits per heavy atom.